The van der Waals surface area contributed by atoms with Crippen LogP contribution in [0.2, 0.25) is 8.67 Å². The van der Waals surface area contributed by atoms with Crippen molar-refractivity contribution >= 4 is 55.4 Å². The van der Waals surface area contributed by atoms with E-state index >= 15 is 0 Å². The van der Waals surface area contributed by atoms with Gasteiger partial charge in [0.2, 0.25) is 0 Å². The first-order chi connectivity index (χ1) is 9.34. The van der Waals surface area contributed by atoms with Gasteiger partial charge < -0.3 is 4.98 Å². The second-order valence-electron chi connectivity index (χ2n) is 4.27. The number of H-pyrrole nitrogens is 1. The zero-order chi connectivity index (χ0) is 14.5. The molecule has 0 atom stereocenters. The van der Waals surface area contributed by atoms with Gasteiger partial charge in [0.1, 0.15) is 10.2 Å². The molecule has 0 unspecified atom stereocenters. The molecule has 3 aromatic rings. The van der Waals surface area contributed by atoms with Crippen LogP contribution in [0.15, 0.2) is 29.2 Å². The molecule has 1 N–H and O–H groups in total. The number of hydrogen-bond acceptors (Lipinski definition) is 4. The van der Waals surface area contributed by atoms with Crippen molar-refractivity contribution in [3.05, 3.63) is 32.9 Å². The van der Waals surface area contributed by atoms with Gasteiger partial charge in [-0.15, -0.1) is 11.3 Å². The number of aromatic nitrogens is 2. The van der Waals surface area contributed by atoms with Crippen molar-refractivity contribution in [3.8, 4) is 11.4 Å². The van der Waals surface area contributed by atoms with Gasteiger partial charge in [-0.05, 0) is 24.3 Å². The first-order valence-corrected chi connectivity index (χ1v) is 8.96. The van der Waals surface area contributed by atoms with Crippen LogP contribution in [-0.4, -0.2) is 24.6 Å². The Labute approximate surface area is 129 Å². The van der Waals surface area contributed by atoms with Crippen LogP contribution in [0.25, 0.3) is 22.4 Å². The van der Waals surface area contributed by atoms with Gasteiger partial charge in [-0.2, -0.15) is 0 Å². The van der Waals surface area contributed by atoms with E-state index < -0.39 is 9.84 Å². The fourth-order valence-electron chi connectivity index (χ4n) is 1.85. The number of nitrogens with one attached hydrogen (secondary N) is 1. The van der Waals surface area contributed by atoms with Crippen molar-refractivity contribution in [2.75, 3.05) is 6.26 Å². The molecule has 0 aliphatic carbocycles. The number of nitrogens with zero attached hydrogens (tertiary/aromatic N) is 1. The smallest absolute Gasteiger partial charge is 0.175 e. The monoisotopic (exact) mass is 346 g/mol. The predicted molar refractivity (Wildman–Crippen MR) is 82.5 cm³/mol. The largest absolute Gasteiger partial charge is 0.338 e. The maximum atomic E-state index is 11.5. The number of hydrogen-bond donors (Lipinski definition) is 1. The van der Waals surface area contributed by atoms with Crippen molar-refractivity contribution in [3.63, 3.8) is 0 Å². The molecule has 0 fully saturated rings. The lowest BCUT2D eigenvalue weighted by molar-refractivity contribution is 0.602. The molecule has 0 aliphatic heterocycles. The SMILES string of the molecule is CS(=O)(=O)c1ccc2nc(-c3cc(Cl)sc3Cl)[nH]c2c1. The molecule has 3 rings (SSSR count). The summed E-state index contributed by atoms with van der Waals surface area (Å²) in [6.45, 7) is 0. The maximum Gasteiger partial charge on any atom is 0.175 e. The van der Waals surface area contributed by atoms with Gasteiger partial charge in [0.15, 0.2) is 9.84 Å². The summed E-state index contributed by atoms with van der Waals surface area (Å²) >= 11 is 13.3. The van der Waals surface area contributed by atoms with E-state index in [1.165, 1.54) is 23.7 Å². The van der Waals surface area contributed by atoms with E-state index in [4.69, 9.17) is 23.2 Å². The third-order valence-corrected chi connectivity index (χ3v) is 5.39. The molecule has 0 radical (unpaired) electrons. The van der Waals surface area contributed by atoms with Crippen LogP contribution >= 0.6 is 34.5 Å². The maximum absolute atomic E-state index is 11.5. The zero-order valence-electron chi connectivity index (χ0n) is 10.1. The van der Waals surface area contributed by atoms with Crippen molar-refractivity contribution in [1.82, 2.24) is 9.97 Å². The molecule has 0 bridgehead atoms. The standard InChI is InChI=1S/C12H8Cl2N2O2S2/c1-20(17,18)6-2-3-8-9(4-6)16-12(15-8)7-5-10(13)19-11(7)14/h2-5H,1H3,(H,15,16). The highest BCUT2D eigenvalue weighted by Crippen LogP contribution is 2.37. The van der Waals surface area contributed by atoms with Gasteiger partial charge in [0, 0.05) is 11.8 Å². The molecule has 1 aromatic carbocycles. The highest BCUT2D eigenvalue weighted by atomic mass is 35.5. The van der Waals surface area contributed by atoms with E-state index in [1.54, 1.807) is 18.2 Å². The second-order valence-corrected chi connectivity index (χ2v) is 8.58. The summed E-state index contributed by atoms with van der Waals surface area (Å²) in [6, 6.07) is 6.48. The van der Waals surface area contributed by atoms with Crippen molar-refractivity contribution in [2.24, 2.45) is 0 Å². The topological polar surface area (TPSA) is 62.8 Å². The number of benzene rings is 1. The van der Waals surface area contributed by atoms with Gasteiger partial charge in [-0.25, -0.2) is 13.4 Å². The average molecular weight is 347 g/mol. The summed E-state index contributed by atoms with van der Waals surface area (Å²) in [5.74, 6) is 0.568. The Balaban J connectivity index is 2.18. The summed E-state index contributed by atoms with van der Waals surface area (Å²) in [5.41, 5.74) is 2.02. The Hall–Kier alpha value is -1.08. The van der Waals surface area contributed by atoms with Gasteiger partial charge in [-0.3, -0.25) is 0 Å². The normalized spacial score (nSPS) is 12.2. The van der Waals surface area contributed by atoms with E-state index in [2.05, 4.69) is 9.97 Å². The lowest BCUT2D eigenvalue weighted by Gasteiger charge is -1.96. The highest BCUT2D eigenvalue weighted by Gasteiger charge is 2.14. The summed E-state index contributed by atoms with van der Waals surface area (Å²) in [4.78, 5) is 7.71. The van der Waals surface area contributed by atoms with Crippen LogP contribution in [0.5, 0.6) is 0 Å². The Morgan fingerprint density at radius 3 is 2.60 bits per heavy atom. The minimum absolute atomic E-state index is 0.245. The third kappa shape index (κ3) is 2.44. The fraction of sp³-hybridized carbons (Fsp3) is 0.0833. The molecular weight excluding hydrogens is 339 g/mol. The van der Waals surface area contributed by atoms with Gasteiger partial charge >= 0.3 is 0 Å². The Bertz CT molecular complexity index is 913. The van der Waals surface area contributed by atoms with Gasteiger partial charge in [0.05, 0.1) is 20.3 Å². The molecular formula is C12H8Cl2N2O2S2. The van der Waals surface area contributed by atoms with E-state index in [1.807, 2.05) is 0 Å². The second kappa shape index (κ2) is 4.73. The average Bonchev–Trinajstić information content (AvgIpc) is 2.89. The first-order valence-electron chi connectivity index (χ1n) is 5.49. The van der Waals surface area contributed by atoms with Crippen LogP contribution in [-0.2, 0) is 9.84 Å². The Morgan fingerprint density at radius 2 is 2.00 bits per heavy atom. The molecule has 2 aromatic heterocycles. The molecule has 0 spiro atoms. The van der Waals surface area contributed by atoms with Crippen molar-refractivity contribution < 1.29 is 8.42 Å². The number of thiophene rings is 1. The molecule has 0 saturated carbocycles. The molecule has 20 heavy (non-hydrogen) atoms. The minimum atomic E-state index is -3.25. The molecule has 4 nitrogen and oxygen atoms in total. The highest BCUT2D eigenvalue weighted by molar-refractivity contribution is 7.90. The predicted octanol–water partition coefficient (Wildman–Crippen LogP) is 4.00. The van der Waals surface area contributed by atoms with Gasteiger partial charge in [0.25, 0.3) is 0 Å². The van der Waals surface area contributed by atoms with E-state index in [0.29, 0.717) is 31.1 Å². The van der Waals surface area contributed by atoms with Crippen molar-refractivity contribution in [2.45, 2.75) is 4.90 Å². The molecule has 0 aliphatic rings. The van der Waals surface area contributed by atoms with E-state index in [9.17, 15) is 8.42 Å². The van der Waals surface area contributed by atoms with Crippen LogP contribution in [0.1, 0.15) is 0 Å². The number of imidazole rings is 1. The summed E-state index contributed by atoms with van der Waals surface area (Å²) in [5, 5.41) is 0. The van der Waals surface area contributed by atoms with Crippen LogP contribution < -0.4 is 0 Å². The quantitative estimate of drug-likeness (QED) is 0.762. The number of aromatic amines is 1. The fourth-order valence-corrected chi connectivity index (χ4v) is 3.96. The first kappa shape index (κ1) is 13.9. The lowest BCUT2D eigenvalue weighted by Crippen LogP contribution is -1.96. The third-order valence-electron chi connectivity index (χ3n) is 2.79. The summed E-state index contributed by atoms with van der Waals surface area (Å²) in [7, 11) is -3.25. The summed E-state index contributed by atoms with van der Waals surface area (Å²) in [6.07, 6.45) is 1.17. The van der Waals surface area contributed by atoms with E-state index in [-0.39, 0.29) is 4.90 Å². The Kier molecular flexibility index (Phi) is 3.29. The molecule has 104 valence electrons. The van der Waals surface area contributed by atoms with E-state index in [0.717, 1.165) is 0 Å². The van der Waals surface area contributed by atoms with Crippen LogP contribution in [0.3, 0.4) is 0 Å². The van der Waals surface area contributed by atoms with Crippen LogP contribution in [0, 0.1) is 0 Å². The molecule has 8 heteroatoms. The lowest BCUT2D eigenvalue weighted by atomic mass is 10.3. The molecule has 0 saturated heterocycles. The van der Waals surface area contributed by atoms with Gasteiger partial charge in [-0.1, -0.05) is 23.2 Å². The number of sulfone groups is 1. The molecule has 0 amide bonds. The number of rotatable bonds is 2. The Morgan fingerprint density at radius 1 is 1.25 bits per heavy atom. The zero-order valence-corrected chi connectivity index (χ0v) is 13.3. The minimum Gasteiger partial charge on any atom is -0.338 e. The van der Waals surface area contributed by atoms with Crippen LogP contribution in [0.4, 0.5) is 0 Å². The number of fused-ring (bicyclic) bond motifs is 1. The number of halogens is 2. The molecule has 2 heterocycles. The van der Waals surface area contributed by atoms with Crippen molar-refractivity contribution in [1.29, 1.82) is 0 Å². The summed E-state index contributed by atoms with van der Waals surface area (Å²) < 4.78 is 24.2.